The van der Waals surface area contributed by atoms with Gasteiger partial charge in [0.05, 0.1) is 10.5 Å². The van der Waals surface area contributed by atoms with E-state index in [4.69, 9.17) is 4.74 Å². The van der Waals surface area contributed by atoms with Crippen molar-refractivity contribution in [2.75, 3.05) is 26.3 Å². The molecule has 5 heteroatoms. The first-order valence-corrected chi connectivity index (χ1v) is 7.55. The lowest BCUT2D eigenvalue weighted by molar-refractivity contribution is 0.145. The Balaban J connectivity index is 3.70. The number of nitrogens with one attached hydrogen (secondary N) is 1. The first kappa shape index (κ1) is 15.9. The van der Waals surface area contributed by atoms with Crippen LogP contribution in [-0.2, 0) is 14.6 Å². The average Bonchev–Trinajstić information content (AvgIpc) is 2.22. The van der Waals surface area contributed by atoms with Crippen molar-refractivity contribution in [2.24, 2.45) is 0 Å². The van der Waals surface area contributed by atoms with Crippen LogP contribution >= 0.6 is 0 Å². The number of hydrogen-bond donors (Lipinski definition) is 1. The number of rotatable bonds is 9. The quantitative estimate of drug-likeness (QED) is 0.626. The molecule has 98 valence electrons. The van der Waals surface area contributed by atoms with Crippen LogP contribution < -0.4 is 5.32 Å². The fraction of sp³-hybridized carbons (Fsp3) is 1.00. The van der Waals surface area contributed by atoms with Gasteiger partial charge in [0.25, 0.3) is 0 Å². The minimum absolute atomic E-state index is 0.298. The summed E-state index contributed by atoms with van der Waals surface area (Å²) in [6.07, 6.45) is 0.919. The summed E-state index contributed by atoms with van der Waals surface area (Å²) in [5.74, 6) is 0. The van der Waals surface area contributed by atoms with Crippen molar-refractivity contribution < 1.29 is 13.2 Å². The predicted molar refractivity (Wildman–Crippen MR) is 67.5 cm³/mol. The van der Waals surface area contributed by atoms with Gasteiger partial charge < -0.3 is 10.1 Å². The van der Waals surface area contributed by atoms with Gasteiger partial charge in [-0.15, -0.1) is 0 Å². The van der Waals surface area contributed by atoms with E-state index < -0.39 is 9.84 Å². The molecular formula is C11H25NO3S. The van der Waals surface area contributed by atoms with Gasteiger partial charge in [-0.1, -0.05) is 0 Å². The second-order valence-corrected chi connectivity index (χ2v) is 7.13. The van der Waals surface area contributed by atoms with Crippen LogP contribution in [0.4, 0.5) is 0 Å². The zero-order valence-electron chi connectivity index (χ0n) is 10.8. The fourth-order valence-electron chi connectivity index (χ4n) is 1.33. The normalized spacial score (nSPS) is 14.3. The van der Waals surface area contributed by atoms with Gasteiger partial charge in [-0.25, -0.2) is 8.42 Å². The molecule has 1 unspecified atom stereocenters. The van der Waals surface area contributed by atoms with Crippen LogP contribution in [0.1, 0.15) is 34.1 Å². The zero-order valence-corrected chi connectivity index (χ0v) is 11.6. The molecule has 16 heavy (non-hydrogen) atoms. The van der Waals surface area contributed by atoms with Gasteiger partial charge in [-0.05, 0) is 40.7 Å². The van der Waals surface area contributed by atoms with Crippen LogP contribution in [0.3, 0.4) is 0 Å². The molecule has 0 saturated heterocycles. The Labute approximate surface area is 99.7 Å². The van der Waals surface area contributed by atoms with E-state index in [0.29, 0.717) is 6.54 Å². The molecule has 0 aromatic rings. The van der Waals surface area contributed by atoms with E-state index >= 15 is 0 Å². The summed E-state index contributed by atoms with van der Waals surface area (Å²) in [6, 6.07) is 0. The summed E-state index contributed by atoms with van der Waals surface area (Å²) in [5, 5.41) is 2.53. The van der Waals surface area contributed by atoms with Crippen LogP contribution in [0.25, 0.3) is 0 Å². The van der Waals surface area contributed by atoms with E-state index in [9.17, 15) is 8.42 Å². The van der Waals surface area contributed by atoms with Crippen LogP contribution in [0, 0.1) is 0 Å². The third kappa shape index (κ3) is 5.82. The van der Waals surface area contributed by atoms with Crippen molar-refractivity contribution in [3.63, 3.8) is 0 Å². The number of hydrogen-bond acceptors (Lipinski definition) is 4. The molecule has 0 aliphatic carbocycles. The Bertz CT molecular complexity index is 262. The third-order valence-corrected chi connectivity index (χ3v) is 5.10. The predicted octanol–water partition coefficient (Wildman–Crippen LogP) is 1.21. The summed E-state index contributed by atoms with van der Waals surface area (Å²) in [4.78, 5) is 0. The molecule has 0 rings (SSSR count). The van der Waals surface area contributed by atoms with Gasteiger partial charge in [0.2, 0.25) is 0 Å². The summed E-state index contributed by atoms with van der Waals surface area (Å²) in [6.45, 7) is 9.95. The average molecular weight is 251 g/mol. The molecule has 0 aliphatic rings. The molecule has 0 aromatic carbocycles. The highest BCUT2D eigenvalue weighted by atomic mass is 32.2. The van der Waals surface area contributed by atoms with Gasteiger partial charge in [0.1, 0.15) is 0 Å². The molecule has 0 fully saturated rings. The molecule has 0 saturated carbocycles. The Morgan fingerprint density at radius 1 is 1.25 bits per heavy atom. The van der Waals surface area contributed by atoms with Crippen molar-refractivity contribution in [1.29, 1.82) is 0 Å². The lowest BCUT2D eigenvalue weighted by Gasteiger charge is -2.16. The van der Waals surface area contributed by atoms with E-state index in [0.717, 1.165) is 26.2 Å². The van der Waals surface area contributed by atoms with E-state index in [1.165, 1.54) is 0 Å². The van der Waals surface area contributed by atoms with Crippen molar-refractivity contribution in [1.82, 2.24) is 5.32 Å². The maximum Gasteiger partial charge on any atom is 0.156 e. The van der Waals surface area contributed by atoms with Crippen molar-refractivity contribution in [2.45, 2.75) is 44.6 Å². The second kappa shape index (κ2) is 8.03. The van der Waals surface area contributed by atoms with Gasteiger partial charge in [0, 0.05) is 19.8 Å². The summed E-state index contributed by atoms with van der Waals surface area (Å²) >= 11 is 0. The Kier molecular flexibility index (Phi) is 7.97. The topological polar surface area (TPSA) is 55.4 Å². The molecule has 0 aliphatic heterocycles. The summed E-state index contributed by atoms with van der Waals surface area (Å²) in [7, 11) is -2.97. The maximum atomic E-state index is 11.7. The highest BCUT2D eigenvalue weighted by molar-refractivity contribution is 7.92. The van der Waals surface area contributed by atoms with Gasteiger partial charge >= 0.3 is 0 Å². The molecular weight excluding hydrogens is 226 g/mol. The van der Waals surface area contributed by atoms with Gasteiger partial charge in [-0.3, -0.25) is 0 Å². The zero-order chi connectivity index (χ0) is 12.6. The number of ether oxygens (including phenoxy) is 1. The molecule has 0 amide bonds. The van der Waals surface area contributed by atoms with E-state index in [-0.39, 0.29) is 10.5 Å². The third-order valence-electron chi connectivity index (χ3n) is 2.50. The first-order chi connectivity index (χ1) is 7.42. The summed E-state index contributed by atoms with van der Waals surface area (Å²) < 4.78 is 28.7. The molecule has 0 bridgehead atoms. The first-order valence-electron chi connectivity index (χ1n) is 5.94. The second-order valence-electron chi connectivity index (χ2n) is 4.20. The highest BCUT2D eigenvalue weighted by Gasteiger charge is 2.23. The Morgan fingerprint density at radius 2 is 1.88 bits per heavy atom. The van der Waals surface area contributed by atoms with Crippen LogP contribution in [-0.4, -0.2) is 45.2 Å². The summed E-state index contributed by atoms with van der Waals surface area (Å²) in [5.41, 5.74) is 0. The van der Waals surface area contributed by atoms with Gasteiger partial charge in [-0.2, -0.15) is 0 Å². The smallest absolute Gasteiger partial charge is 0.156 e. The van der Waals surface area contributed by atoms with Crippen molar-refractivity contribution >= 4 is 9.84 Å². The minimum Gasteiger partial charge on any atom is -0.382 e. The monoisotopic (exact) mass is 251 g/mol. The fourth-order valence-corrected chi connectivity index (χ4v) is 2.61. The van der Waals surface area contributed by atoms with Crippen LogP contribution in [0.15, 0.2) is 0 Å². The van der Waals surface area contributed by atoms with E-state index in [1.807, 2.05) is 6.92 Å². The molecule has 0 aromatic heterocycles. The van der Waals surface area contributed by atoms with Crippen molar-refractivity contribution in [3.05, 3.63) is 0 Å². The maximum absolute atomic E-state index is 11.7. The largest absolute Gasteiger partial charge is 0.382 e. The lowest BCUT2D eigenvalue weighted by Crippen LogP contribution is -2.35. The highest BCUT2D eigenvalue weighted by Crippen LogP contribution is 2.07. The number of sulfone groups is 1. The lowest BCUT2D eigenvalue weighted by atomic mass is 10.4. The Hall–Kier alpha value is -0.130. The van der Waals surface area contributed by atoms with Gasteiger partial charge in [0.15, 0.2) is 9.84 Å². The van der Waals surface area contributed by atoms with Crippen molar-refractivity contribution in [3.8, 4) is 0 Å². The minimum atomic E-state index is -2.97. The van der Waals surface area contributed by atoms with Crippen LogP contribution in [0.5, 0.6) is 0 Å². The van der Waals surface area contributed by atoms with E-state index in [1.54, 1.807) is 20.8 Å². The molecule has 0 spiro atoms. The molecule has 1 atom stereocenters. The SMILES string of the molecule is CCOCCCNCC(C)S(=O)(=O)C(C)C. The van der Waals surface area contributed by atoms with Crippen LogP contribution in [0.2, 0.25) is 0 Å². The molecule has 1 N–H and O–H groups in total. The molecule has 0 radical (unpaired) electrons. The molecule has 4 nitrogen and oxygen atoms in total. The Morgan fingerprint density at radius 3 is 2.38 bits per heavy atom. The standard InChI is InChI=1S/C11H25NO3S/c1-5-15-8-6-7-12-9-11(4)16(13,14)10(2)3/h10-12H,5-9H2,1-4H3. The molecule has 0 heterocycles. The van der Waals surface area contributed by atoms with E-state index in [2.05, 4.69) is 5.32 Å².